The van der Waals surface area contributed by atoms with Crippen LogP contribution in [0, 0.1) is 11.7 Å². The summed E-state index contributed by atoms with van der Waals surface area (Å²) in [6.07, 6.45) is 3.46. The molecule has 182 valence electrons. The predicted octanol–water partition coefficient (Wildman–Crippen LogP) is 4.48. The molecule has 0 spiro atoms. The zero-order valence-electron chi connectivity index (χ0n) is 19.6. The van der Waals surface area contributed by atoms with Gasteiger partial charge in [-0.1, -0.05) is 25.9 Å². The third-order valence-corrected chi connectivity index (χ3v) is 7.74. The van der Waals surface area contributed by atoms with Crippen molar-refractivity contribution >= 4 is 15.9 Å². The number of hydrogen-bond acceptors (Lipinski definition) is 8. The number of pyridine rings is 1. The first kappa shape index (κ1) is 24.1. The summed E-state index contributed by atoms with van der Waals surface area (Å²) in [5.74, 6) is 1.26. The van der Waals surface area contributed by atoms with Crippen molar-refractivity contribution in [2.24, 2.45) is 5.92 Å². The lowest BCUT2D eigenvalue weighted by Gasteiger charge is -2.30. The normalized spacial score (nSPS) is 15.1. The van der Waals surface area contributed by atoms with Gasteiger partial charge in [0.15, 0.2) is 15.7 Å². The number of nitrogens with zero attached hydrogens (tertiary/aromatic N) is 4. The van der Waals surface area contributed by atoms with Gasteiger partial charge in [0.05, 0.1) is 29.1 Å². The van der Waals surface area contributed by atoms with Crippen LogP contribution in [0.2, 0.25) is 0 Å². The molecule has 0 atom stereocenters. The minimum absolute atomic E-state index is 0.0262. The number of aromatic nitrogens is 3. The number of benzene rings is 1. The van der Waals surface area contributed by atoms with Crippen molar-refractivity contribution in [1.82, 2.24) is 15.1 Å². The second-order valence-corrected chi connectivity index (χ2v) is 11.0. The molecule has 4 rings (SSSR count). The molecule has 0 bridgehead atoms. The van der Waals surface area contributed by atoms with E-state index in [1.165, 1.54) is 19.1 Å². The highest BCUT2D eigenvalue weighted by atomic mass is 32.2. The lowest BCUT2D eigenvalue weighted by molar-refractivity contribution is 0.219. The average Bonchev–Trinajstić information content (AvgIpc) is 3.34. The lowest BCUT2D eigenvalue weighted by atomic mass is 9.98. The molecule has 10 heteroatoms. The van der Waals surface area contributed by atoms with E-state index in [2.05, 4.69) is 20.0 Å². The highest BCUT2D eigenvalue weighted by molar-refractivity contribution is 7.91. The Hall–Kier alpha value is -3.01. The number of rotatable bonds is 8. The minimum Gasteiger partial charge on any atom is -0.492 e. The molecule has 3 heterocycles. The van der Waals surface area contributed by atoms with Crippen LogP contribution >= 0.6 is 0 Å². The van der Waals surface area contributed by atoms with Gasteiger partial charge in [0, 0.05) is 24.6 Å². The molecule has 3 aromatic rings. The molecule has 0 radical (unpaired) electrons. The fraction of sp³-hybridized carbons (Fsp3) is 0.458. The molecule has 34 heavy (non-hydrogen) atoms. The van der Waals surface area contributed by atoms with Gasteiger partial charge >= 0.3 is 6.01 Å². The van der Waals surface area contributed by atoms with E-state index in [9.17, 15) is 12.8 Å². The van der Waals surface area contributed by atoms with Gasteiger partial charge in [0.1, 0.15) is 11.6 Å². The zero-order valence-corrected chi connectivity index (χ0v) is 20.4. The number of halogens is 1. The van der Waals surface area contributed by atoms with Crippen LogP contribution in [0.15, 0.2) is 45.9 Å². The van der Waals surface area contributed by atoms with Gasteiger partial charge in [-0.2, -0.15) is 4.98 Å². The van der Waals surface area contributed by atoms with Gasteiger partial charge in [0.25, 0.3) is 0 Å². The molecule has 0 N–H and O–H groups in total. The van der Waals surface area contributed by atoms with Crippen molar-refractivity contribution in [2.45, 2.75) is 44.4 Å². The van der Waals surface area contributed by atoms with Crippen molar-refractivity contribution in [3.8, 4) is 17.0 Å². The highest BCUT2D eigenvalue weighted by Crippen LogP contribution is 2.27. The maximum atomic E-state index is 14.5. The fourth-order valence-corrected chi connectivity index (χ4v) is 4.67. The van der Waals surface area contributed by atoms with Gasteiger partial charge in [-0.05, 0) is 49.1 Å². The summed E-state index contributed by atoms with van der Waals surface area (Å²) >= 11 is 0. The van der Waals surface area contributed by atoms with Gasteiger partial charge in [-0.3, -0.25) is 4.98 Å². The molecule has 1 saturated heterocycles. The third-order valence-electron chi connectivity index (χ3n) is 6.01. The average molecular weight is 489 g/mol. The van der Waals surface area contributed by atoms with E-state index in [1.807, 2.05) is 13.8 Å². The molecule has 0 saturated carbocycles. The molecule has 1 aliphatic rings. The van der Waals surface area contributed by atoms with Gasteiger partial charge < -0.3 is 14.2 Å². The second kappa shape index (κ2) is 10.1. The van der Waals surface area contributed by atoms with Crippen LogP contribution in [0.5, 0.6) is 5.75 Å². The first-order chi connectivity index (χ1) is 16.3. The Kier molecular flexibility index (Phi) is 7.16. The summed E-state index contributed by atoms with van der Waals surface area (Å²) in [5.41, 5.74) is 0.662. The predicted molar refractivity (Wildman–Crippen MR) is 126 cm³/mol. The van der Waals surface area contributed by atoms with Crippen LogP contribution < -0.4 is 9.64 Å². The smallest absolute Gasteiger partial charge is 0.324 e. The summed E-state index contributed by atoms with van der Waals surface area (Å²) < 4.78 is 49.7. The molecule has 0 aliphatic carbocycles. The first-order valence-electron chi connectivity index (χ1n) is 11.5. The quantitative estimate of drug-likeness (QED) is 0.458. The fourth-order valence-electron chi connectivity index (χ4n) is 3.78. The Labute approximate surface area is 199 Å². The van der Waals surface area contributed by atoms with E-state index in [0.29, 0.717) is 30.0 Å². The summed E-state index contributed by atoms with van der Waals surface area (Å²) in [5, 5.41) is 4.03. The molecule has 1 aromatic carbocycles. The monoisotopic (exact) mass is 488 g/mol. The van der Waals surface area contributed by atoms with Crippen LogP contribution in [0.3, 0.4) is 0 Å². The SMILES string of the molecule is CCS(=O)(=O)c1ccc(-c2ccc(OCC3CCN(c4nc(C(C)C)no4)CC3)cn2)c(F)c1. The topological polar surface area (TPSA) is 98.4 Å². The third kappa shape index (κ3) is 5.38. The minimum atomic E-state index is -3.46. The van der Waals surface area contributed by atoms with Crippen molar-refractivity contribution in [2.75, 3.05) is 30.3 Å². The van der Waals surface area contributed by atoms with Crippen LogP contribution in [-0.2, 0) is 9.84 Å². The maximum Gasteiger partial charge on any atom is 0.324 e. The van der Waals surface area contributed by atoms with E-state index in [1.54, 1.807) is 18.3 Å². The van der Waals surface area contributed by atoms with Gasteiger partial charge in [-0.25, -0.2) is 12.8 Å². The highest BCUT2D eigenvalue weighted by Gasteiger charge is 2.24. The van der Waals surface area contributed by atoms with E-state index >= 15 is 0 Å². The second-order valence-electron chi connectivity index (χ2n) is 8.76. The zero-order chi connectivity index (χ0) is 24.3. The molecule has 0 amide bonds. The number of sulfone groups is 1. The maximum absolute atomic E-state index is 14.5. The van der Waals surface area contributed by atoms with E-state index in [0.717, 1.165) is 37.8 Å². The van der Waals surface area contributed by atoms with Crippen molar-refractivity contribution in [3.05, 3.63) is 48.2 Å². The Morgan fingerprint density at radius 1 is 1.21 bits per heavy atom. The van der Waals surface area contributed by atoms with Crippen molar-refractivity contribution < 1.29 is 22.1 Å². The van der Waals surface area contributed by atoms with Crippen molar-refractivity contribution in [3.63, 3.8) is 0 Å². The Morgan fingerprint density at radius 2 is 1.97 bits per heavy atom. The van der Waals surface area contributed by atoms with E-state index < -0.39 is 15.7 Å². The largest absolute Gasteiger partial charge is 0.492 e. The van der Waals surface area contributed by atoms with Crippen molar-refractivity contribution in [1.29, 1.82) is 0 Å². The molecule has 1 aliphatic heterocycles. The summed E-state index contributed by atoms with van der Waals surface area (Å²) in [6.45, 7) is 7.81. The van der Waals surface area contributed by atoms with Crippen LogP contribution in [0.25, 0.3) is 11.3 Å². The molecule has 2 aromatic heterocycles. The lowest BCUT2D eigenvalue weighted by Crippen LogP contribution is -2.35. The Balaban J connectivity index is 1.31. The van der Waals surface area contributed by atoms with Gasteiger partial charge in [0.2, 0.25) is 0 Å². The van der Waals surface area contributed by atoms with Crippen LogP contribution in [0.1, 0.15) is 45.4 Å². The van der Waals surface area contributed by atoms with E-state index in [4.69, 9.17) is 9.26 Å². The van der Waals surface area contributed by atoms with Crippen LogP contribution in [-0.4, -0.2) is 49.0 Å². The molecular weight excluding hydrogens is 459 g/mol. The number of piperidine rings is 1. The van der Waals surface area contributed by atoms with E-state index in [-0.39, 0.29) is 22.1 Å². The number of anilines is 1. The Morgan fingerprint density at radius 3 is 2.56 bits per heavy atom. The summed E-state index contributed by atoms with van der Waals surface area (Å²) in [7, 11) is -3.46. The summed E-state index contributed by atoms with van der Waals surface area (Å²) in [4.78, 5) is 10.9. The standard InChI is InChI=1S/C24H29FN4O4S/c1-4-34(30,31)19-6-7-20(21(25)13-19)22-8-5-18(14-26-22)32-15-17-9-11-29(12-10-17)24-27-23(16(2)3)28-33-24/h5-8,13-14,16-17H,4,9-12,15H2,1-3H3. The number of hydrogen-bond donors (Lipinski definition) is 0. The molecule has 0 unspecified atom stereocenters. The molecule has 1 fully saturated rings. The Bertz CT molecular complexity index is 1220. The number of ether oxygens (including phenoxy) is 1. The molecule has 8 nitrogen and oxygen atoms in total. The van der Waals surface area contributed by atoms with Gasteiger partial charge in [-0.15, -0.1) is 0 Å². The summed E-state index contributed by atoms with van der Waals surface area (Å²) in [6, 6.07) is 7.90. The first-order valence-corrected chi connectivity index (χ1v) is 13.1. The van der Waals surface area contributed by atoms with Crippen LogP contribution in [0.4, 0.5) is 10.4 Å². The molecular formula is C24H29FN4O4S.